The minimum absolute atomic E-state index is 0.0728. The molecule has 0 bridgehead atoms. The number of rotatable bonds is 9. The summed E-state index contributed by atoms with van der Waals surface area (Å²) in [6.45, 7) is 5.98. The van der Waals surface area contributed by atoms with Crippen molar-refractivity contribution in [3.05, 3.63) is 90.1 Å². The van der Waals surface area contributed by atoms with Gasteiger partial charge in [0.1, 0.15) is 23.9 Å². The molecule has 1 heterocycles. The SMILES string of the molecule is C=CC1=C(/C=C\CCC(C)C(=O)O)OCC(c2ccc(-c3cc(OC)ccc3F)cc2)N1. The van der Waals surface area contributed by atoms with Gasteiger partial charge in [0.05, 0.1) is 24.8 Å². The lowest BCUT2D eigenvalue weighted by molar-refractivity contribution is -0.141. The number of hydrogen-bond donors (Lipinski definition) is 2. The van der Waals surface area contributed by atoms with Crippen molar-refractivity contribution in [3.63, 3.8) is 0 Å². The monoisotopic (exact) mass is 437 g/mol. The van der Waals surface area contributed by atoms with Gasteiger partial charge in [0.2, 0.25) is 0 Å². The van der Waals surface area contributed by atoms with E-state index in [0.29, 0.717) is 36.5 Å². The topological polar surface area (TPSA) is 67.8 Å². The molecular formula is C26H28FNO4. The van der Waals surface area contributed by atoms with Crippen LogP contribution in [0.5, 0.6) is 5.75 Å². The lowest BCUT2D eigenvalue weighted by Gasteiger charge is -2.28. The van der Waals surface area contributed by atoms with E-state index in [2.05, 4.69) is 11.9 Å². The zero-order valence-electron chi connectivity index (χ0n) is 18.3. The van der Waals surface area contributed by atoms with Crippen molar-refractivity contribution in [3.8, 4) is 16.9 Å². The number of aliphatic carboxylic acids is 1. The van der Waals surface area contributed by atoms with E-state index in [1.54, 1.807) is 32.2 Å². The van der Waals surface area contributed by atoms with Gasteiger partial charge in [-0.05, 0) is 54.3 Å². The molecule has 0 saturated carbocycles. The largest absolute Gasteiger partial charge is 0.497 e. The fourth-order valence-corrected chi connectivity index (χ4v) is 3.44. The lowest BCUT2D eigenvalue weighted by atomic mass is 9.99. The minimum Gasteiger partial charge on any atom is -0.497 e. The second kappa shape index (κ2) is 10.7. The Morgan fingerprint density at radius 3 is 2.75 bits per heavy atom. The third kappa shape index (κ3) is 5.58. The molecule has 168 valence electrons. The summed E-state index contributed by atoms with van der Waals surface area (Å²) in [5.41, 5.74) is 3.03. The summed E-state index contributed by atoms with van der Waals surface area (Å²) in [7, 11) is 1.56. The lowest BCUT2D eigenvalue weighted by Crippen LogP contribution is -2.30. The Bertz CT molecular complexity index is 1030. The van der Waals surface area contributed by atoms with Crippen LogP contribution in [0.15, 0.2) is 78.7 Å². The van der Waals surface area contributed by atoms with Gasteiger partial charge in [0, 0.05) is 5.56 Å². The number of ether oxygens (including phenoxy) is 2. The smallest absolute Gasteiger partial charge is 0.306 e. The van der Waals surface area contributed by atoms with Crippen molar-refractivity contribution in [2.24, 2.45) is 5.92 Å². The minimum atomic E-state index is -0.789. The van der Waals surface area contributed by atoms with Crippen LogP contribution in [0.3, 0.4) is 0 Å². The Morgan fingerprint density at radius 2 is 2.09 bits per heavy atom. The van der Waals surface area contributed by atoms with Gasteiger partial charge in [-0.15, -0.1) is 0 Å². The molecule has 0 radical (unpaired) electrons. The van der Waals surface area contributed by atoms with E-state index >= 15 is 0 Å². The summed E-state index contributed by atoms with van der Waals surface area (Å²) in [5, 5.41) is 12.4. The van der Waals surface area contributed by atoms with Crippen molar-refractivity contribution in [2.45, 2.75) is 25.8 Å². The maximum Gasteiger partial charge on any atom is 0.306 e. The van der Waals surface area contributed by atoms with Crippen LogP contribution >= 0.6 is 0 Å². The molecule has 0 fully saturated rings. The predicted octanol–water partition coefficient (Wildman–Crippen LogP) is 5.62. The maximum absolute atomic E-state index is 14.3. The van der Waals surface area contributed by atoms with E-state index in [4.69, 9.17) is 14.6 Å². The number of carboxylic acid groups (broad SMARTS) is 1. The van der Waals surface area contributed by atoms with Crippen molar-refractivity contribution < 1.29 is 23.8 Å². The van der Waals surface area contributed by atoms with Crippen molar-refractivity contribution in [2.75, 3.05) is 13.7 Å². The van der Waals surface area contributed by atoms with E-state index in [0.717, 1.165) is 16.8 Å². The first-order valence-electron chi connectivity index (χ1n) is 10.5. The van der Waals surface area contributed by atoms with Crippen molar-refractivity contribution in [1.29, 1.82) is 0 Å². The number of allylic oxidation sites excluding steroid dienone is 3. The molecule has 32 heavy (non-hydrogen) atoms. The van der Waals surface area contributed by atoms with Gasteiger partial charge in [-0.1, -0.05) is 43.8 Å². The number of nitrogens with one attached hydrogen (secondary N) is 1. The zero-order chi connectivity index (χ0) is 23.1. The summed E-state index contributed by atoms with van der Waals surface area (Å²) in [5.74, 6) is -0.191. The highest BCUT2D eigenvalue weighted by Crippen LogP contribution is 2.30. The predicted molar refractivity (Wildman–Crippen MR) is 123 cm³/mol. The van der Waals surface area contributed by atoms with Gasteiger partial charge in [-0.3, -0.25) is 4.79 Å². The molecule has 2 aromatic carbocycles. The summed E-state index contributed by atoms with van der Waals surface area (Å²) in [6.07, 6.45) is 6.68. The van der Waals surface area contributed by atoms with Gasteiger partial charge in [0.25, 0.3) is 0 Å². The highest BCUT2D eigenvalue weighted by Gasteiger charge is 2.20. The summed E-state index contributed by atoms with van der Waals surface area (Å²) < 4.78 is 25.4. The normalized spacial score (nSPS) is 16.9. The first-order chi connectivity index (χ1) is 15.4. The quantitative estimate of drug-likeness (QED) is 0.533. The number of halogens is 1. The Hall–Kier alpha value is -3.54. The summed E-state index contributed by atoms with van der Waals surface area (Å²) in [4.78, 5) is 10.9. The molecule has 0 aromatic heterocycles. The van der Waals surface area contributed by atoms with Crippen LogP contribution in [-0.2, 0) is 9.53 Å². The average Bonchev–Trinajstić information content (AvgIpc) is 2.82. The number of carboxylic acids is 1. The third-order valence-electron chi connectivity index (χ3n) is 5.46. The molecule has 5 nitrogen and oxygen atoms in total. The second-order valence-corrected chi connectivity index (χ2v) is 7.68. The molecule has 1 aliphatic rings. The van der Waals surface area contributed by atoms with E-state index in [9.17, 15) is 9.18 Å². The molecule has 3 rings (SSSR count). The summed E-state index contributed by atoms with van der Waals surface area (Å²) >= 11 is 0. The third-order valence-corrected chi connectivity index (χ3v) is 5.46. The van der Waals surface area contributed by atoms with Crippen LogP contribution in [0.2, 0.25) is 0 Å². The van der Waals surface area contributed by atoms with Crippen LogP contribution in [-0.4, -0.2) is 24.8 Å². The van der Waals surface area contributed by atoms with Gasteiger partial charge < -0.3 is 19.9 Å². The van der Waals surface area contributed by atoms with Crippen LogP contribution in [0, 0.1) is 11.7 Å². The molecule has 0 aliphatic carbocycles. The second-order valence-electron chi connectivity index (χ2n) is 7.68. The highest BCUT2D eigenvalue weighted by molar-refractivity contribution is 5.69. The number of carbonyl (C=O) groups is 1. The van der Waals surface area contributed by atoms with Crippen molar-refractivity contribution in [1.82, 2.24) is 5.32 Å². The van der Waals surface area contributed by atoms with Crippen LogP contribution < -0.4 is 10.1 Å². The first kappa shape index (κ1) is 23.1. The molecule has 2 aromatic rings. The van der Waals surface area contributed by atoms with E-state index in [-0.39, 0.29) is 17.8 Å². The molecule has 6 heteroatoms. The molecule has 2 atom stereocenters. The molecule has 0 spiro atoms. The van der Waals surface area contributed by atoms with Crippen LogP contribution in [0.25, 0.3) is 11.1 Å². The Balaban J connectivity index is 1.69. The highest BCUT2D eigenvalue weighted by atomic mass is 19.1. The molecule has 2 N–H and O–H groups in total. The number of hydrogen-bond acceptors (Lipinski definition) is 4. The summed E-state index contributed by atoms with van der Waals surface area (Å²) in [6, 6.07) is 12.3. The van der Waals surface area contributed by atoms with Gasteiger partial charge in [-0.2, -0.15) is 0 Å². The molecule has 1 aliphatic heterocycles. The van der Waals surface area contributed by atoms with Crippen LogP contribution in [0.4, 0.5) is 4.39 Å². The van der Waals surface area contributed by atoms with Gasteiger partial charge in [-0.25, -0.2) is 4.39 Å². The molecule has 0 amide bonds. The van der Waals surface area contributed by atoms with Crippen LogP contribution in [0.1, 0.15) is 31.4 Å². The Kier molecular flexibility index (Phi) is 7.71. The Morgan fingerprint density at radius 1 is 1.34 bits per heavy atom. The standard InChI is InChI=1S/C26H28FNO4/c1-4-23-25(8-6-5-7-17(2)26(29)30)32-16-24(28-23)19-11-9-18(10-12-19)21-15-20(31-3)13-14-22(21)27/h4,6,8-15,17,24,28H,1,5,7,16H2,2-3H3,(H,29,30)/b8-6-. The molecular weight excluding hydrogens is 409 g/mol. The zero-order valence-corrected chi connectivity index (χ0v) is 18.3. The fraction of sp³-hybridized carbons (Fsp3) is 0.269. The molecule has 2 unspecified atom stereocenters. The maximum atomic E-state index is 14.3. The van der Waals surface area contributed by atoms with E-state index < -0.39 is 5.97 Å². The Labute approximate surface area is 187 Å². The first-order valence-corrected chi connectivity index (χ1v) is 10.5. The van der Waals surface area contributed by atoms with Gasteiger partial charge >= 0.3 is 5.97 Å². The molecule has 0 saturated heterocycles. The van der Waals surface area contributed by atoms with E-state index in [1.807, 2.05) is 36.4 Å². The van der Waals surface area contributed by atoms with E-state index in [1.165, 1.54) is 6.07 Å². The average molecular weight is 438 g/mol. The van der Waals surface area contributed by atoms with Gasteiger partial charge in [0.15, 0.2) is 0 Å². The fourth-order valence-electron chi connectivity index (χ4n) is 3.44. The number of methoxy groups -OCH3 is 1. The number of benzene rings is 2. The van der Waals surface area contributed by atoms with Crippen molar-refractivity contribution >= 4 is 5.97 Å².